The molecule has 8 heteroatoms. The molecule has 3 rings (SSSR count). The summed E-state index contributed by atoms with van der Waals surface area (Å²) in [5.74, 6) is 0.689. The molecule has 0 aliphatic carbocycles. The number of para-hydroxylation sites is 1. The van der Waals surface area contributed by atoms with Crippen molar-refractivity contribution in [2.45, 2.75) is 13.3 Å². The Balaban J connectivity index is 1.86. The van der Waals surface area contributed by atoms with Gasteiger partial charge in [0.1, 0.15) is 11.5 Å². The van der Waals surface area contributed by atoms with Gasteiger partial charge in [0.25, 0.3) is 5.91 Å². The summed E-state index contributed by atoms with van der Waals surface area (Å²) in [5, 5.41) is 2.80. The molecule has 2 aromatic carbocycles. The van der Waals surface area contributed by atoms with Crippen LogP contribution in [0.5, 0.6) is 11.5 Å². The van der Waals surface area contributed by atoms with E-state index in [-0.39, 0.29) is 11.7 Å². The lowest BCUT2D eigenvalue weighted by molar-refractivity contribution is 0.102. The monoisotopic (exact) mass is 390 g/mol. The molecule has 1 N–H and O–H groups in total. The third-order valence-electron chi connectivity index (χ3n) is 4.25. The molecule has 1 aliphatic rings. The summed E-state index contributed by atoms with van der Waals surface area (Å²) < 4.78 is 36.4. The second kappa shape index (κ2) is 7.87. The van der Waals surface area contributed by atoms with E-state index in [1.54, 1.807) is 42.5 Å². The number of nitrogens with one attached hydrogen (secondary N) is 1. The topological polar surface area (TPSA) is 84.9 Å². The predicted octanol–water partition coefficient (Wildman–Crippen LogP) is 2.89. The van der Waals surface area contributed by atoms with Gasteiger partial charge < -0.3 is 14.8 Å². The van der Waals surface area contributed by atoms with Crippen LogP contribution in [0.15, 0.2) is 42.5 Å². The third kappa shape index (κ3) is 4.00. The largest absolute Gasteiger partial charge is 0.494 e. The van der Waals surface area contributed by atoms with Gasteiger partial charge in [0.15, 0.2) is 0 Å². The third-order valence-corrected chi connectivity index (χ3v) is 6.12. The fourth-order valence-corrected chi connectivity index (χ4v) is 4.55. The molecule has 0 atom stereocenters. The predicted molar refractivity (Wildman–Crippen MR) is 104 cm³/mol. The van der Waals surface area contributed by atoms with Crippen LogP contribution in [0.4, 0.5) is 11.4 Å². The zero-order valence-corrected chi connectivity index (χ0v) is 16.1. The van der Waals surface area contributed by atoms with Crippen molar-refractivity contribution in [2.24, 2.45) is 0 Å². The minimum absolute atomic E-state index is 0.141. The maximum Gasteiger partial charge on any atom is 0.259 e. The molecule has 27 heavy (non-hydrogen) atoms. The Morgan fingerprint density at radius 2 is 1.96 bits per heavy atom. The SMILES string of the molecule is CCOc1ccccc1C(=O)Nc1ccc(N2CCCS2(=O)=O)cc1OC. The highest BCUT2D eigenvalue weighted by atomic mass is 32.2. The number of carbonyl (C=O) groups is 1. The van der Waals surface area contributed by atoms with Crippen molar-refractivity contribution < 1.29 is 22.7 Å². The lowest BCUT2D eigenvalue weighted by Crippen LogP contribution is -2.25. The molecule has 0 spiro atoms. The number of amides is 1. The zero-order chi connectivity index (χ0) is 19.4. The van der Waals surface area contributed by atoms with Gasteiger partial charge in [0, 0.05) is 12.6 Å². The van der Waals surface area contributed by atoms with Crippen LogP contribution in [0, 0.1) is 0 Å². The number of rotatable bonds is 6. The van der Waals surface area contributed by atoms with Gasteiger partial charge in [-0.15, -0.1) is 0 Å². The van der Waals surface area contributed by atoms with Crippen LogP contribution in [-0.4, -0.2) is 40.3 Å². The number of nitrogens with zero attached hydrogens (tertiary/aromatic N) is 1. The zero-order valence-electron chi connectivity index (χ0n) is 15.3. The molecule has 2 aromatic rings. The quantitative estimate of drug-likeness (QED) is 0.820. The number of hydrogen-bond acceptors (Lipinski definition) is 5. The maximum atomic E-state index is 12.7. The number of anilines is 2. The van der Waals surface area contributed by atoms with Crippen molar-refractivity contribution in [1.29, 1.82) is 0 Å². The molecule has 7 nitrogen and oxygen atoms in total. The van der Waals surface area contributed by atoms with Gasteiger partial charge in [-0.25, -0.2) is 8.42 Å². The van der Waals surface area contributed by atoms with Crippen LogP contribution in [0.2, 0.25) is 0 Å². The first-order valence-corrected chi connectivity index (χ1v) is 10.3. The number of benzene rings is 2. The van der Waals surface area contributed by atoms with Gasteiger partial charge in [-0.05, 0) is 37.6 Å². The fourth-order valence-electron chi connectivity index (χ4n) is 2.99. The highest BCUT2D eigenvalue weighted by molar-refractivity contribution is 7.93. The molecule has 144 valence electrons. The van der Waals surface area contributed by atoms with Gasteiger partial charge in [0.05, 0.1) is 36.4 Å². The summed E-state index contributed by atoms with van der Waals surface area (Å²) in [6.07, 6.45) is 0.595. The first-order chi connectivity index (χ1) is 13.0. The van der Waals surface area contributed by atoms with E-state index in [9.17, 15) is 13.2 Å². The second-order valence-electron chi connectivity index (χ2n) is 6.01. The Morgan fingerprint density at radius 3 is 2.63 bits per heavy atom. The van der Waals surface area contributed by atoms with Gasteiger partial charge in [-0.1, -0.05) is 12.1 Å². The Labute approximate surface area is 158 Å². The van der Waals surface area contributed by atoms with Gasteiger partial charge >= 0.3 is 0 Å². The molecular weight excluding hydrogens is 368 g/mol. The first-order valence-electron chi connectivity index (χ1n) is 8.68. The fraction of sp³-hybridized carbons (Fsp3) is 0.316. The van der Waals surface area contributed by atoms with Crippen LogP contribution in [-0.2, 0) is 10.0 Å². The number of carbonyl (C=O) groups excluding carboxylic acids is 1. The van der Waals surface area contributed by atoms with E-state index in [1.807, 2.05) is 6.92 Å². The van der Waals surface area contributed by atoms with Gasteiger partial charge in [0.2, 0.25) is 10.0 Å². The van der Waals surface area contributed by atoms with E-state index in [0.717, 1.165) is 0 Å². The molecule has 1 amide bonds. The van der Waals surface area contributed by atoms with E-state index in [4.69, 9.17) is 9.47 Å². The van der Waals surface area contributed by atoms with E-state index < -0.39 is 10.0 Å². The standard InChI is InChI=1S/C19H22N2O5S/c1-3-26-17-8-5-4-7-15(17)19(22)20-16-10-9-14(13-18(16)25-2)21-11-6-12-27(21,23)24/h4-5,7-10,13H,3,6,11-12H2,1-2H3,(H,20,22). The Bertz CT molecular complexity index is 943. The van der Waals surface area contributed by atoms with Crippen molar-refractivity contribution in [3.8, 4) is 11.5 Å². The highest BCUT2D eigenvalue weighted by Crippen LogP contribution is 2.33. The van der Waals surface area contributed by atoms with Gasteiger partial charge in [-0.3, -0.25) is 9.10 Å². The normalized spacial score (nSPS) is 15.4. The second-order valence-corrected chi connectivity index (χ2v) is 8.02. The van der Waals surface area contributed by atoms with Crippen LogP contribution in [0.3, 0.4) is 0 Å². The summed E-state index contributed by atoms with van der Waals surface area (Å²) in [4.78, 5) is 12.7. The average Bonchev–Trinajstić information content (AvgIpc) is 3.02. The minimum atomic E-state index is -3.28. The molecule has 0 unspecified atom stereocenters. The Kier molecular flexibility index (Phi) is 5.55. The smallest absolute Gasteiger partial charge is 0.259 e. The molecule has 1 heterocycles. The molecule has 1 fully saturated rings. The molecule has 0 saturated carbocycles. The van der Waals surface area contributed by atoms with E-state index in [1.165, 1.54) is 11.4 Å². The summed E-state index contributed by atoms with van der Waals surface area (Å²) in [7, 11) is -1.81. The molecule has 1 saturated heterocycles. The number of sulfonamides is 1. The van der Waals surface area contributed by atoms with E-state index >= 15 is 0 Å². The number of methoxy groups -OCH3 is 1. The van der Waals surface area contributed by atoms with Crippen molar-refractivity contribution in [1.82, 2.24) is 0 Å². The molecule has 0 radical (unpaired) electrons. The van der Waals surface area contributed by atoms with E-state index in [0.29, 0.717) is 48.0 Å². The van der Waals surface area contributed by atoms with Crippen LogP contribution in [0.25, 0.3) is 0 Å². The lowest BCUT2D eigenvalue weighted by Gasteiger charge is -2.19. The average molecular weight is 390 g/mol. The van der Waals surface area contributed by atoms with Gasteiger partial charge in [-0.2, -0.15) is 0 Å². The molecule has 0 bridgehead atoms. The van der Waals surface area contributed by atoms with Crippen molar-refractivity contribution in [3.05, 3.63) is 48.0 Å². The minimum Gasteiger partial charge on any atom is -0.494 e. The van der Waals surface area contributed by atoms with Crippen LogP contribution < -0.4 is 19.1 Å². The lowest BCUT2D eigenvalue weighted by atomic mass is 10.1. The number of hydrogen-bond donors (Lipinski definition) is 1. The maximum absolute atomic E-state index is 12.7. The summed E-state index contributed by atoms with van der Waals surface area (Å²) in [5.41, 5.74) is 1.39. The summed E-state index contributed by atoms with van der Waals surface area (Å²) in [6.45, 7) is 2.74. The van der Waals surface area contributed by atoms with Crippen LogP contribution >= 0.6 is 0 Å². The molecule has 1 aliphatic heterocycles. The van der Waals surface area contributed by atoms with Crippen LogP contribution in [0.1, 0.15) is 23.7 Å². The summed E-state index contributed by atoms with van der Waals surface area (Å²) in [6, 6.07) is 11.9. The molecular formula is C19H22N2O5S. The van der Waals surface area contributed by atoms with E-state index in [2.05, 4.69) is 5.32 Å². The highest BCUT2D eigenvalue weighted by Gasteiger charge is 2.29. The summed E-state index contributed by atoms with van der Waals surface area (Å²) >= 11 is 0. The number of ether oxygens (including phenoxy) is 2. The Hall–Kier alpha value is -2.74. The van der Waals surface area contributed by atoms with Crippen molar-refractivity contribution in [3.63, 3.8) is 0 Å². The van der Waals surface area contributed by atoms with Crippen molar-refractivity contribution >= 4 is 27.3 Å². The molecule has 0 aromatic heterocycles. The Morgan fingerprint density at radius 1 is 1.19 bits per heavy atom. The first kappa shape index (κ1) is 19.0. The van der Waals surface area contributed by atoms with Crippen molar-refractivity contribution in [2.75, 3.05) is 35.6 Å².